The molecule has 0 bridgehead atoms. The molecule has 8 nitrogen and oxygen atoms in total. The van der Waals surface area contributed by atoms with E-state index in [-0.39, 0.29) is 16.4 Å². The fourth-order valence-corrected chi connectivity index (χ4v) is 3.58. The summed E-state index contributed by atoms with van der Waals surface area (Å²) in [7, 11) is -2.06. The van der Waals surface area contributed by atoms with Gasteiger partial charge in [0.15, 0.2) is 5.13 Å². The lowest BCUT2D eigenvalue weighted by molar-refractivity contribution is -0.137. The number of carboxylic acids is 1. The van der Waals surface area contributed by atoms with E-state index in [9.17, 15) is 13.2 Å². The number of rotatable bonds is 7. The van der Waals surface area contributed by atoms with Gasteiger partial charge in [0.2, 0.25) is 0 Å². The van der Waals surface area contributed by atoms with Crippen molar-refractivity contribution in [1.82, 2.24) is 14.8 Å². The van der Waals surface area contributed by atoms with Gasteiger partial charge in [-0.05, 0) is 12.8 Å². The Morgan fingerprint density at radius 2 is 2.29 bits per heavy atom. The van der Waals surface area contributed by atoms with E-state index >= 15 is 0 Å². The molecule has 2 aromatic heterocycles. The summed E-state index contributed by atoms with van der Waals surface area (Å²) in [5.74, 6) is -0.859. The molecule has 0 radical (unpaired) electrons. The standard InChI is InChI=1S/C11H14N4O4S2/c1-15-6-9(5-12-15)21(18,19)14-11-13-8(7-20-11)3-2-4-10(16)17/h5-7H,2-4H2,1H3,(H,13,14)(H,16,17). The zero-order valence-corrected chi connectivity index (χ0v) is 12.8. The first-order chi connectivity index (χ1) is 9.87. The van der Waals surface area contributed by atoms with Crippen molar-refractivity contribution in [3.8, 4) is 0 Å². The van der Waals surface area contributed by atoms with E-state index in [0.717, 1.165) is 11.3 Å². The van der Waals surface area contributed by atoms with Crippen LogP contribution in [0, 0.1) is 0 Å². The van der Waals surface area contributed by atoms with Crippen molar-refractivity contribution in [3.63, 3.8) is 0 Å². The number of hydrogen-bond donors (Lipinski definition) is 2. The second-order valence-electron chi connectivity index (χ2n) is 4.35. The number of aliphatic carboxylic acids is 1. The Hall–Kier alpha value is -1.94. The SMILES string of the molecule is Cn1cc(S(=O)(=O)Nc2nc(CCCC(=O)O)cs2)cn1. The van der Waals surface area contributed by atoms with Gasteiger partial charge in [-0.1, -0.05) is 0 Å². The normalized spacial score (nSPS) is 11.5. The van der Waals surface area contributed by atoms with Gasteiger partial charge in [-0.2, -0.15) is 5.10 Å². The van der Waals surface area contributed by atoms with Crippen LogP contribution in [-0.2, 0) is 28.3 Å². The highest BCUT2D eigenvalue weighted by Crippen LogP contribution is 2.20. The maximum Gasteiger partial charge on any atom is 0.303 e. The molecule has 0 aliphatic heterocycles. The zero-order valence-electron chi connectivity index (χ0n) is 11.2. The Morgan fingerprint density at radius 3 is 2.90 bits per heavy atom. The highest BCUT2D eigenvalue weighted by atomic mass is 32.2. The fourth-order valence-electron chi connectivity index (χ4n) is 1.60. The predicted molar refractivity (Wildman–Crippen MR) is 76.7 cm³/mol. The number of anilines is 1. The summed E-state index contributed by atoms with van der Waals surface area (Å²) in [6, 6.07) is 0. The number of aromatic nitrogens is 3. The number of carboxylic acid groups (broad SMARTS) is 1. The van der Waals surface area contributed by atoms with Crippen LogP contribution in [0.1, 0.15) is 18.5 Å². The first-order valence-corrected chi connectivity index (χ1v) is 8.41. The molecule has 0 aliphatic rings. The average Bonchev–Trinajstić information content (AvgIpc) is 2.98. The molecule has 0 unspecified atom stereocenters. The summed E-state index contributed by atoms with van der Waals surface area (Å²) in [6.45, 7) is 0. The van der Waals surface area contributed by atoms with Gasteiger partial charge in [0, 0.05) is 25.0 Å². The Bertz CT molecular complexity index is 735. The summed E-state index contributed by atoms with van der Waals surface area (Å²) in [5.41, 5.74) is 0.671. The number of carbonyl (C=O) groups is 1. The molecule has 114 valence electrons. The van der Waals surface area contributed by atoms with E-state index in [1.165, 1.54) is 17.1 Å². The molecule has 2 aromatic rings. The quantitative estimate of drug-likeness (QED) is 0.785. The van der Waals surface area contributed by atoms with Gasteiger partial charge in [-0.3, -0.25) is 14.2 Å². The van der Waals surface area contributed by atoms with Crippen LogP contribution in [0.25, 0.3) is 0 Å². The molecule has 0 saturated heterocycles. The molecule has 0 aliphatic carbocycles. The van der Waals surface area contributed by atoms with Crippen molar-refractivity contribution in [3.05, 3.63) is 23.5 Å². The topological polar surface area (TPSA) is 114 Å². The van der Waals surface area contributed by atoms with Crippen LogP contribution in [0.3, 0.4) is 0 Å². The first-order valence-electron chi connectivity index (χ1n) is 6.04. The Balaban J connectivity index is 2.00. The Morgan fingerprint density at radius 1 is 1.52 bits per heavy atom. The van der Waals surface area contributed by atoms with E-state index in [4.69, 9.17) is 5.11 Å². The number of nitrogens with zero attached hydrogens (tertiary/aromatic N) is 3. The van der Waals surface area contributed by atoms with Crippen molar-refractivity contribution >= 4 is 32.5 Å². The first kappa shape index (κ1) is 15.4. The molecule has 2 heterocycles. The molecule has 0 aromatic carbocycles. The van der Waals surface area contributed by atoms with Crippen molar-refractivity contribution < 1.29 is 18.3 Å². The predicted octanol–water partition coefficient (Wildman–Crippen LogP) is 1.08. The summed E-state index contributed by atoms with van der Waals surface area (Å²) in [5, 5.41) is 14.3. The lowest BCUT2D eigenvalue weighted by atomic mass is 10.2. The lowest BCUT2D eigenvalue weighted by Crippen LogP contribution is -2.12. The molecule has 0 atom stereocenters. The monoisotopic (exact) mass is 330 g/mol. The summed E-state index contributed by atoms with van der Waals surface area (Å²) < 4.78 is 27.9. The third-order valence-electron chi connectivity index (χ3n) is 2.59. The smallest absolute Gasteiger partial charge is 0.303 e. The van der Waals surface area contributed by atoms with Gasteiger partial charge >= 0.3 is 5.97 Å². The van der Waals surface area contributed by atoms with Crippen molar-refractivity contribution in [2.45, 2.75) is 24.2 Å². The van der Waals surface area contributed by atoms with Gasteiger partial charge in [0.25, 0.3) is 10.0 Å². The van der Waals surface area contributed by atoms with Crippen LogP contribution in [0.15, 0.2) is 22.7 Å². The van der Waals surface area contributed by atoms with Crippen LogP contribution in [0.2, 0.25) is 0 Å². The van der Waals surface area contributed by atoms with E-state index in [0.29, 0.717) is 18.5 Å². The second kappa shape index (κ2) is 6.22. The molecule has 2 N–H and O–H groups in total. The highest BCUT2D eigenvalue weighted by Gasteiger charge is 2.17. The third-order valence-corrected chi connectivity index (χ3v) is 4.82. The van der Waals surface area contributed by atoms with Crippen molar-refractivity contribution in [1.29, 1.82) is 0 Å². The molecule has 21 heavy (non-hydrogen) atoms. The zero-order chi connectivity index (χ0) is 15.5. The molecule has 0 spiro atoms. The molecular formula is C11H14N4O4S2. The van der Waals surface area contributed by atoms with Crippen molar-refractivity contribution in [2.24, 2.45) is 7.05 Å². The molecule has 2 rings (SSSR count). The highest BCUT2D eigenvalue weighted by molar-refractivity contribution is 7.93. The second-order valence-corrected chi connectivity index (χ2v) is 6.89. The van der Waals surface area contributed by atoms with E-state index in [1.54, 1.807) is 12.4 Å². The molecule has 0 saturated carbocycles. The van der Waals surface area contributed by atoms with Gasteiger partial charge in [0.05, 0.1) is 11.9 Å². The number of aryl methyl sites for hydroxylation is 2. The van der Waals surface area contributed by atoms with Crippen molar-refractivity contribution in [2.75, 3.05) is 4.72 Å². The van der Waals surface area contributed by atoms with Crippen LogP contribution in [-0.4, -0.2) is 34.3 Å². The molecule has 0 fully saturated rings. The van der Waals surface area contributed by atoms with E-state index < -0.39 is 16.0 Å². The fraction of sp³-hybridized carbons (Fsp3) is 0.364. The lowest BCUT2D eigenvalue weighted by Gasteiger charge is -2.01. The summed E-state index contributed by atoms with van der Waals surface area (Å²) in [4.78, 5) is 14.6. The minimum absolute atomic E-state index is 0.0626. The van der Waals surface area contributed by atoms with Gasteiger partial charge in [-0.15, -0.1) is 11.3 Å². The summed E-state index contributed by atoms with van der Waals surface area (Å²) >= 11 is 1.16. The van der Waals surface area contributed by atoms with E-state index in [1.807, 2.05) is 0 Å². The summed E-state index contributed by atoms with van der Waals surface area (Å²) in [6.07, 6.45) is 3.67. The largest absolute Gasteiger partial charge is 0.481 e. The molecule has 10 heteroatoms. The minimum atomic E-state index is -3.69. The van der Waals surface area contributed by atoms with Gasteiger partial charge in [0.1, 0.15) is 4.90 Å². The maximum atomic E-state index is 12.1. The third kappa shape index (κ3) is 4.26. The average molecular weight is 330 g/mol. The maximum absolute atomic E-state index is 12.1. The Kier molecular flexibility index (Phi) is 4.58. The molecular weight excluding hydrogens is 316 g/mol. The van der Waals surface area contributed by atoms with Crippen LogP contribution in [0.4, 0.5) is 5.13 Å². The number of hydrogen-bond acceptors (Lipinski definition) is 6. The van der Waals surface area contributed by atoms with E-state index in [2.05, 4.69) is 14.8 Å². The Labute approximate surface area is 125 Å². The van der Waals surface area contributed by atoms with Gasteiger partial charge < -0.3 is 5.11 Å². The number of sulfonamides is 1. The van der Waals surface area contributed by atoms with Gasteiger partial charge in [-0.25, -0.2) is 13.4 Å². The van der Waals surface area contributed by atoms with Crippen LogP contribution >= 0.6 is 11.3 Å². The minimum Gasteiger partial charge on any atom is -0.481 e. The van der Waals surface area contributed by atoms with Crippen LogP contribution in [0.5, 0.6) is 0 Å². The molecule has 0 amide bonds. The van der Waals surface area contributed by atoms with Crippen LogP contribution < -0.4 is 4.72 Å². The number of nitrogens with one attached hydrogen (secondary N) is 1. The number of thiazole rings is 1.